The van der Waals surface area contributed by atoms with E-state index in [2.05, 4.69) is 21.9 Å². The van der Waals surface area contributed by atoms with Gasteiger partial charge in [0, 0.05) is 37.3 Å². The Labute approximate surface area is 256 Å². The van der Waals surface area contributed by atoms with Gasteiger partial charge in [0.15, 0.2) is 15.9 Å². The molecule has 9 nitrogen and oxygen atoms in total. The Morgan fingerprint density at radius 3 is 2.28 bits per heavy atom. The molecular weight excluding hydrogens is 588 g/mol. The minimum absolute atomic E-state index is 0.0729. The SMILES string of the molecule is COc1ccccc1N1CCN(CCCC[S+]([O-])c2cccc3c(=O)c(C)c(-c4ccccc4)oc23)CC1.CS(=O)(=O)O. The van der Waals surface area contributed by atoms with Crippen LogP contribution in [0.5, 0.6) is 5.75 Å². The number of methoxy groups -OCH3 is 1. The van der Waals surface area contributed by atoms with E-state index in [1.54, 1.807) is 26.2 Å². The van der Waals surface area contributed by atoms with Gasteiger partial charge in [-0.15, -0.1) is 0 Å². The van der Waals surface area contributed by atoms with Crippen molar-refractivity contribution in [3.05, 3.63) is 88.6 Å². The van der Waals surface area contributed by atoms with Gasteiger partial charge in [-0.25, -0.2) is 0 Å². The molecule has 0 saturated carbocycles. The number of anilines is 1. The van der Waals surface area contributed by atoms with Gasteiger partial charge in [-0.1, -0.05) is 48.5 Å². The Morgan fingerprint density at radius 2 is 1.60 bits per heavy atom. The fourth-order valence-corrected chi connectivity index (χ4v) is 6.38. The Kier molecular flexibility index (Phi) is 11.3. The highest BCUT2D eigenvalue weighted by Crippen LogP contribution is 2.30. The van der Waals surface area contributed by atoms with Gasteiger partial charge in [0.25, 0.3) is 10.1 Å². The Bertz CT molecular complexity index is 1660. The molecule has 1 aromatic heterocycles. The second-order valence-electron chi connectivity index (χ2n) is 10.4. The third-order valence-electron chi connectivity index (χ3n) is 7.24. The summed E-state index contributed by atoms with van der Waals surface area (Å²) in [5, 5.41) is 0.487. The second kappa shape index (κ2) is 14.9. The van der Waals surface area contributed by atoms with Crippen LogP contribution in [0.3, 0.4) is 0 Å². The summed E-state index contributed by atoms with van der Waals surface area (Å²) in [7, 11) is -1.95. The van der Waals surface area contributed by atoms with Crippen molar-refractivity contribution in [1.82, 2.24) is 4.90 Å². The van der Waals surface area contributed by atoms with Gasteiger partial charge in [-0.3, -0.25) is 14.2 Å². The minimum atomic E-state index is -3.67. The number of hydrogen-bond acceptors (Lipinski definition) is 8. The smallest absolute Gasteiger partial charge is 0.261 e. The molecule has 1 saturated heterocycles. The summed E-state index contributed by atoms with van der Waals surface area (Å²) < 4.78 is 51.0. The van der Waals surface area contributed by atoms with E-state index in [1.807, 2.05) is 48.5 Å². The molecule has 0 bridgehead atoms. The van der Waals surface area contributed by atoms with Crippen LogP contribution in [0, 0.1) is 6.92 Å². The molecule has 0 amide bonds. The summed E-state index contributed by atoms with van der Waals surface area (Å²) in [6.45, 7) is 6.69. The highest BCUT2D eigenvalue weighted by atomic mass is 32.2. The molecule has 0 aliphatic carbocycles. The van der Waals surface area contributed by atoms with Crippen molar-refractivity contribution in [2.75, 3.05) is 56.7 Å². The first kappa shape index (κ1) is 32.6. The van der Waals surface area contributed by atoms with Crippen LogP contribution in [0.15, 0.2) is 86.9 Å². The number of para-hydroxylation sites is 3. The van der Waals surface area contributed by atoms with Crippen LogP contribution in [0.25, 0.3) is 22.3 Å². The molecule has 1 atom stereocenters. The summed E-state index contributed by atoms with van der Waals surface area (Å²) in [5.41, 5.74) is 2.93. The van der Waals surface area contributed by atoms with Gasteiger partial charge >= 0.3 is 0 Å². The summed E-state index contributed by atoms with van der Waals surface area (Å²) in [6, 6.07) is 23.2. The van der Waals surface area contributed by atoms with Gasteiger partial charge in [0.05, 0.1) is 24.4 Å². The largest absolute Gasteiger partial charge is 0.611 e. The maximum Gasteiger partial charge on any atom is 0.261 e. The van der Waals surface area contributed by atoms with Crippen LogP contribution in [-0.4, -0.2) is 74.3 Å². The number of benzene rings is 3. The third-order valence-corrected chi connectivity index (χ3v) is 8.71. The van der Waals surface area contributed by atoms with Gasteiger partial charge in [0.2, 0.25) is 0 Å². The fraction of sp³-hybridized carbons (Fsp3) is 0.344. The lowest BCUT2D eigenvalue weighted by Crippen LogP contribution is -2.46. The molecule has 1 fully saturated rings. The molecule has 11 heteroatoms. The van der Waals surface area contributed by atoms with E-state index in [9.17, 15) is 17.8 Å². The van der Waals surface area contributed by atoms with Crippen molar-refractivity contribution < 1.29 is 26.7 Å². The molecule has 230 valence electrons. The minimum Gasteiger partial charge on any atom is -0.611 e. The normalized spacial score (nSPS) is 14.7. The van der Waals surface area contributed by atoms with Crippen LogP contribution in [0.1, 0.15) is 18.4 Å². The van der Waals surface area contributed by atoms with Crippen molar-refractivity contribution in [3.63, 3.8) is 0 Å². The monoisotopic (exact) mass is 626 g/mol. The summed E-state index contributed by atoms with van der Waals surface area (Å²) >= 11 is -1.25. The maximum absolute atomic E-state index is 13.3. The first-order chi connectivity index (χ1) is 20.6. The molecule has 2 heterocycles. The van der Waals surface area contributed by atoms with Gasteiger partial charge < -0.3 is 18.6 Å². The topological polar surface area (TPSA) is 123 Å². The number of unbranched alkanes of at least 4 members (excludes halogenated alkanes) is 1. The van der Waals surface area contributed by atoms with Gasteiger partial charge in [0.1, 0.15) is 17.3 Å². The average Bonchev–Trinajstić information content (AvgIpc) is 3.00. The predicted octanol–water partition coefficient (Wildman–Crippen LogP) is 4.99. The lowest BCUT2D eigenvalue weighted by molar-refractivity contribution is 0.253. The number of nitrogens with zero attached hydrogens (tertiary/aromatic N) is 2. The molecule has 0 radical (unpaired) electrons. The zero-order valence-electron chi connectivity index (χ0n) is 24.7. The molecule has 0 spiro atoms. The highest BCUT2D eigenvalue weighted by Gasteiger charge is 2.22. The predicted molar refractivity (Wildman–Crippen MR) is 172 cm³/mol. The number of rotatable bonds is 9. The first-order valence-corrected chi connectivity index (χ1v) is 17.3. The Hall–Kier alpha value is -3.35. The van der Waals surface area contributed by atoms with Crippen molar-refractivity contribution in [1.29, 1.82) is 0 Å². The van der Waals surface area contributed by atoms with Crippen molar-refractivity contribution in [2.45, 2.75) is 24.7 Å². The molecule has 1 aliphatic rings. The number of ether oxygens (including phenoxy) is 1. The zero-order chi connectivity index (χ0) is 31.0. The van der Waals surface area contributed by atoms with E-state index in [0.29, 0.717) is 39.2 Å². The molecule has 4 aromatic rings. The van der Waals surface area contributed by atoms with E-state index < -0.39 is 21.3 Å². The first-order valence-electron chi connectivity index (χ1n) is 14.1. The fourth-order valence-electron chi connectivity index (χ4n) is 5.11. The van der Waals surface area contributed by atoms with Crippen LogP contribution < -0.4 is 15.1 Å². The highest BCUT2D eigenvalue weighted by molar-refractivity contribution is 7.91. The van der Waals surface area contributed by atoms with Crippen molar-refractivity contribution >= 4 is 38.0 Å². The molecule has 1 N–H and O–H groups in total. The standard InChI is InChI=1S/C31H34N2O4S.CH4O3S/c1-23-29(34)25-13-10-16-28(31(25)37-30(23)24-11-4-3-5-12-24)38(35)22-9-8-17-32-18-20-33(21-19-32)26-14-6-7-15-27(26)36-2;1-5(2,3)4/h3-7,10-16H,8-9,17-22H2,1-2H3;1H3,(H,2,3,4). The second-order valence-corrected chi connectivity index (χ2v) is 13.4. The van der Waals surface area contributed by atoms with E-state index in [4.69, 9.17) is 13.7 Å². The van der Waals surface area contributed by atoms with Crippen LogP contribution >= 0.6 is 0 Å². The van der Waals surface area contributed by atoms with E-state index in [1.165, 1.54) is 0 Å². The number of hydrogen-bond donors (Lipinski definition) is 1. The summed E-state index contributed by atoms with van der Waals surface area (Å²) in [6.07, 6.45) is 2.54. The van der Waals surface area contributed by atoms with Gasteiger partial charge in [-0.2, -0.15) is 8.42 Å². The zero-order valence-corrected chi connectivity index (χ0v) is 26.3. The summed E-state index contributed by atoms with van der Waals surface area (Å²) in [4.78, 5) is 18.6. The van der Waals surface area contributed by atoms with Crippen molar-refractivity contribution in [3.8, 4) is 17.1 Å². The van der Waals surface area contributed by atoms with E-state index in [0.717, 1.165) is 62.6 Å². The van der Waals surface area contributed by atoms with Crippen LogP contribution in [0.2, 0.25) is 0 Å². The Balaban J connectivity index is 0.000000782. The van der Waals surface area contributed by atoms with Crippen molar-refractivity contribution in [2.24, 2.45) is 0 Å². The maximum atomic E-state index is 13.3. The lowest BCUT2D eigenvalue weighted by atomic mass is 10.1. The number of piperazine rings is 1. The summed E-state index contributed by atoms with van der Waals surface area (Å²) in [5.74, 6) is 2.00. The quantitative estimate of drug-likeness (QED) is 0.155. The molecule has 43 heavy (non-hydrogen) atoms. The third kappa shape index (κ3) is 8.84. The van der Waals surface area contributed by atoms with E-state index in [-0.39, 0.29) is 5.43 Å². The number of fused-ring (bicyclic) bond motifs is 1. The van der Waals surface area contributed by atoms with E-state index >= 15 is 0 Å². The van der Waals surface area contributed by atoms with Crippen LogP contribution in [0.4, 0.5) is 5.69 Å². The van der Waals surface area contributed by atoms with Crippen LogP contribution in [-0.2, 0) is 21.3 Å². The average molecular weight is 627 g/mol. The molecule has 3 aromatic carbocycles. The molecule has 1 unspecified atom stereocenters. The Morgan fingerprint density at radius 1 is 0.953 bits per heavy atom. The van der Waals surface area contributed by atoms with Gasteiger partial charge in [-0.05, 0) is 61.8 Å². The lowest BCUT2D eigenvalue weighted by Gasteiger charge is -2.36. The molecule has 1 aliphatic heterocycles. The molecule has 5 rings (SSSR count). The molecular formula is C32H38N2O7S2.